The summed E-state index contributed by atoms with van der Waals surface area (Å²) in [7, 11) is 0. The molecule has 9 rings (SSSR count). The van der Waals surface area contributed by atoms with Gasteiger partial charge in [0.15, 0.2) is 0 Å². The Morgan fingerprint density at radius 3 is 1.96 bits per heavy atom. The molecule has 48 heavy (non-hydrogen) atoms. The van der Waals surface area contributed by atoms with E-state index >= 15 is 0 Å². The van der Waals surface area contributed by atoms with Crippen LogP contribution in [0, 0.1) is 0 Å². The van der Waals surface area contributed by atoms with E-state index in [0.717, 1.165) is 50.9 Å². The molecule has 228 valence electrons. The van der Waals surface area contributed by atoms with Crippen LogP contribution >= 0.6 is 0 Å². The fraction of sp³-hybridized carbons (Fsp3) is 0.0444. The van der Waals surface area contributed by atoms with Crippen LogP contribution in [0.4, 0.5) is 11.4 Å². The maximum absolute atomic E-state index is 6.52. The summed E-state index contributed by atoms with van der Waals surface area (Å²) >= 11 is 0. The minimum Gasteiger partial charge on any atom is -0.455 e. The fourth-order valence-corrected chi connectivity index (χ4v) is 7.15. The van der Waals surface area contributed by atoms with Crippen LogP contribution < -0.4 is 4.90 Å². The van der Waals surface area contributed by atoms with Crippen LogP contribution in [0.1, 0.15) is 12.0 Å². The zero-order chi connectivity index (χ0) is 31.9. The van der Waals surface area contributed by atoms with E-state index in [1.807, 2.05) is 12.4 Å². The lowest BCUT2D eigenvalue weighted by atomic mass is 9.92. The predicted molar refractivity (Wildman–Crippen MR) is 200 cm³/mol. The van der Waals surface area contributed by atoms with Gasteiger partial charge in [-0.2, -0.15) is 0 Å². The fourth-order valence-electron chi connectivity index (χ4n) is 7.15. The van der Waals surface area contributed by atoms with Gasteiger partial charge < -0.3 is 9.32 Å². The summed E-state index contributed by atoms with van der Waals surface area (Å²) in [5.41, 5.74) is 11.1. The Kier molecular flexibility index (Phi) is 6.94. The zero-order valence-electron chi connectivity index (χ0n) is 26.3. The van der Waals surface area contributed by atoms with Gasteiger partial charge in [0.1, 0.15) is 11.2 Å². The van der Waals surface area contributed by atoms with E-state index in [-0.39, 0.29) is 6.04 Å². The Labute approximate surface area is 279 Å². The van der Waals surface area contributed by atoms with Crippen LogP contribution in [-0.2, 0) is 0 Å². The van der Waals surface area contributed by atoms with E-state index in [2.05, 4.69) is 174 Å². The van der Waals surface area contributed by atoms with Crippen molar-refractivity contribution in [1.29, 1.82) is 0 Å². The molecular formula is C45H32N2O. The molecule has 3 heteroatoms. The summed E-state index contributed by atoms with van der Waals surface area (Å²) < 4.78 is 6.52. The molecule has 0 amide bonds. The highest BCUT2D eigenvalue weighted by atomic mass is 16.3. The van der Waals surface area contributed by atoms with Crippen LogP contribution in [0.25, 0.3) is 60.5 Å². The molecule has 6 aromatic carbocycles. The van der Waals surface area contributed by atoms with E-state index in [9.17, 15) is 0 Å². The standard InChI is InChI=1S/C45H32N2O/c1-3-10-31(11-4-1)33-18-23-37(24-19-33)47(39-16-9-15-36(28-39)32-12-5-2-6-13-32)38-25-20-35(21-26-38)41-29-46-30-42-44-40-17-8-7-14-34(40)22-27-43(44)48-45(41)42/h1-27,29-30,39H,28H2. The first-order chi connectivity index (χ1) is 23.8. The molecule has 2 heterocycles. The van der Waals surface area contributed by atoms with Gasteiger partial charge in [0, 0.05) is 40.1 Å². The van der Waals surface area contributed by atoms with Crippen molar-refractivity contribution in [2.45, 2.75) is 12.5 Å². The number of hydrogen-bond acceptors (Lipinski definition) is 3. The predicted octanol–water partition coefficient (Wildman–Crippen LogP) is 12.0. The normalized spacial score (nSPS) is 14.4. The molecule has 0 fully saturated rings. The number of fused-ring (bicyclic) bond motifs is 5. The summed E-state index contributed by atoms with van der Waals surface area (Å²) in [5.74, 6) is 0. The summed E-state index contributed by atoms with van der Waals surface area (Å²) in [6.45, 7) is 0. The lowest BCUT2D eigenvalue weighted by molar-refractivity contribution is 0.670. The summed E-state index contributed by atoms with van der Waals surface area (Å²) in [5, 5.41) is 4.53. The second kappa shape index (κ2) is 11.9. The van der Waals surface area contributed by atoms with E-state index < -0.39 is 0 Å². The van der Waals surface area contributed by atoms with Gasteiger partial charge in [-0.3, -0.25) is 4.98 Å². The number of furan rings is 1. The molecule has 3 nitrogen and oxygen atoms in total. The van der Waals surface area contributed by atoms with Gasteiger partial charge in [0.25, 0.3) is 0 Å². The van der Waals surface area contributed by atoms with Crippen LogP contribution in [0.15, 0.2) is 181 Å². The summed E-state index contributed by atoms with van der Waals surface area (Å²) in [6.07, 6.45) is 11.5. The number of allylic oxidation sites excluding steroid dienone is 2. The first-order valence-electron chi connectivity index (χ1n) is 16.5. The van der Waals surface area contributed by atoms with E-state index in [1.165, 1.54) is 33.0 Å². The van der Waals surface area contributed by atoms with Gasteiger partial charge in [-0.1, -0.05) is 133 Å². The summed E-state index contributed by atoms with van der Waals surface area (Å²) in [6, 6.07) is 51.8. The van der Waals surface area contributed by atoms with Crippen LogP contribution in [0.5, 0.6) is 0 Å². The highest BCUT2D eigenvalue weighted by Crippen LogP contribution is 2.40. The molecule has 0 radical (unpaired) electrons. The molecule has 8 aromatic rings. The molecule has 0 N–H and O–H groups in total. The number of aromatic nitrogens is 1. The molecule has 1 atom stereocenters. The van der Waals surface area contributed by atoms with Gasteiger partial charge in [0.2, 0.25) is 0 Å². The van der Waals surface area contributed by atoms with Gasteiger partial charge in [0.05, 0.1) is 6.04 Å². The Bertz CT molecular complexity index is 2460. The molecule has 0 spiro atoms. The van der Waals surface area contributed by atoms with Crippen molar-refractivity contribution < 1.29 is 4.42 Å². The van der Waals surface area contributed by atoms with Gasteiger partial charge in [-0.25, -0.2) is 0 Å². The smallest absolute Gasteiger partial charge is 0.146 e. The molecule has 0 bridgehead atoms. The number of anilines is 2. The molecule has 2 aromatic heterocycles. The van der Waals surface area contributed by atoms with Crippen molar-refractivity contribution in [2.24, 2.45) is 0 Å². The lowest BCUT2D eigenvalue weighted by Gasteiger charge is -2.34. The molecule has 0 saturated heterocycles. The first-order valence-corrected chi connectivity index (χ1v) is 16.5. The maximum Gasteiger partial charge on any atom is 0.146 e. The van der Waals surface area contributed by atoms with Gasteiger partial charge >= 0.3 is 0 Å². The highest BCUT2D eigenvalue weighted by Gasteiger charge is 2.23. The Hall–Kier alpha value is -6.19. The Morgan fingerprint density at radius 1 is 0.562 bits per heavy atom. The first kappa shape index (κ1) is 28.1. The maximum atomic E-state index is 6.52. The molecular weight excluding hydrogens is 585 g/mol. The average Bonchev–Trinajstić information content (AvgIpc) is 3.56. The van der Waals surface area contributed by atoms with Crippen molar-refractivity contribution in [3.8, 4) is 22.3 Å². The van der Waals surface area contributed by atoms with E-state index in [0.29, 0.717) is 0 Å². The number of pyridine rings is 1. The summed E-state index contributed by atoms with van der Waals surface area (Å²) in [4.78, 5) is 7.14. The van der Waals surface area contributed by atoms with Crippen molar-refractivity contribution in [3.63, 3.8) is 0 Å². The second-order valence-electron chi connectivity index (χ2n) is 12.4. The van der Waals surface area contributed by atoms with Crippen molar-refractivity contribution in [1.82, 2.24) is 4.98 Å². The third-order valence-corrected chi connectivity index (χ3v) is 9.51. The number of nitrogens with zero attached hydrogens (tertiary/aromatic N) is 2. The Morgan fingerprint density at radius 2 is 1.21 bits per heavy atom. The number of hydrogen-bond donors (Lipinski definition) is 0. The van der Waals surface area contributed by atoms with Crippen LogP contribution in [0.2, 0.25) is 0 Å². The Balaban J connectivity index is 1.11. The molecule has 1 unspecified atom stereocenters. The highest BCUT2D eigenvalue weighted by molar-refractivity contribution is 6.20. The number of benzene rings is 6. The van der Waals surface area contributed by atoms with Crippen LogP contribution in [-0.4, -0.2) is 11.0 Å². The molecule has 1 aliphatic carbocycles. The minimum absolute atomic E-state index is 0.146. The molecule has 0 saturated carbocycles. The topological polar surface area (TPSA) is 29.3 Å². The van der Waals surface area contributed by atoms with Gasteiger partial charge in [-0.15, -0.1) is 0 Å². The largest absolute Gasteiger partial charge is 0.455 e. The third-order valence-electron chi connectivity index (χ3n) is 9.51. The van der Waals surface area contributed by atoms with Crippen molar-refractivity contribution in [3.05, 3.63) is 182 Å². The molecule has 0 aliphatic heterocycles. The average molecular weight is 617 g/mol. The lowest BCUT2D eigenvalue weighted by Crippen LogP contribution is -2.30. The monoisotopic (exact) mass is 616 g/mol. The quantitative estimate of drug-likeness (QED) is 0.186. The second-order valence-corrected chi connectivity index (χ2v) is 12.4. The van der Waals surface area contributed by atoms with Crippen molar-refractivity contribution in [2.75, 3.05) is 4.90 Å². The van der Waals surface area contributed by atoms with Crippen LogP contribution in [0.3, 0.4) is 0 Å². The molecule has 1 aliphatic rings. The van der Waals surface area contributed by atoms with Crippen molar-refractivity contribution >= 4 is 49.7 Å². The number of rotatable bonds is 6. The van der Waals surface area contributed by atoms with E-state index in [1.54, 1.807) is 0 Å². The minimum atomic E-state index is 0.146. The zero-order valence-corrected chi connectivity index (χ0v) is 26.3. The van der Waals surface area contributed by atoms with E-state index in [4.69, 9.17) is 4.42 Å². The third kappa shape index (κ3) is 4.97. The SMILES string of the molecule is C1=CC(N(c2ccc(-c3ccccc3)cc2)c2ccc(-c3cncc4c3oc3ccc5ccccc5c34)cc2)CC(c2ccccc2)=C1. The van der Waals surface area contributed by atoms with Gasteiger partial charge in [-0.05, 0) is 75.4 Å².